The van der Waals surface area contributed by atoms with E-state index in [1.54, 1.807) is 0 Å². The number of hydrogen-bond acceptors (Lipinski definition) is 4. The van der Waals surface area contributed by atoms with E-state index in [0.717, 1.165) is 25.6 Å². The van der Waals surface area contributed by atoms with Gasteiger partial charge in [-0.15, -0.1) is 0 Å². The lowest BCUT2D eigenvalue weighted by Crippen LogP contribution is -2.59. The second-order valence-corrected chi connectivity index (χ2v) is 11.2. The van der Waals surface area contributed by atoms with Gasteiger partial charge in [-0.3, -0.25) is 14.5 Å². The van der Waals surface area contributed by atoms with Crippen LogP contribution in [0.3, 0.4) is 0 Å². The number of benzene rings is 1. The van der Waals surface area contributed by atoms with Crippen molar-refractivity contribution in [2.45, 2.75) is 54.2 Å². The van der Waals surface area contributed by atoms with Gasteiger partial charge in [0.15, 0.2) is 5.54 Å². The SMILES string of the molecule is C[C@@](C(=O)N[C@@H]1CCC(F)(F)C1)(c1cncnc1)N(C(=O)[C@H](F)Cl)c1ccc(S(F)(F)(F)(F)F)cc1. The first kappa shape index (κ1) is 27.9. The minimum Gasteiger partial charge on any atom is -0.351 e. The summed E-state index contributed by atoms with van der Waals surface area (Å²) in [5.41, 5.74) is -6.00. The molecule has 0 saturated heterocycles. The average molecular weight is 567 g/mol. The minimum absolute atomic E-state index is 0.0318. The van der Waals surface area contributed by atoms with Crippen LogP contribution >= 0.6 is 21.8 Å². The third-order valence-corrected chi connectivity index (χ3v) is 7.05. The summed E-state index contributed by atoms with van der Waals surface area (Å²) in [5.74, 6) is -5.85. The molecule has 36 heavy (non-hydrogen) atoms. The van der Waals surface area contributed by atoms with E-state index in [4.69, 9.17) is 11.6 Å². The third kappa shape index (κ3) is 5.82. The number of nitrogens with one attached hydrogen (secondary N) is 1. The number of amides is 2. The average Bonchev–Trinajstić information content (AvgIpc) is 3.11. The van der Waals surface area contributed by atoms with Crippen LogP contribution in [0.4, 0.5) is 38.3 Å². The highest BCUT2D eigenvalue weighted by Gasteiger charge is 2.65. The van der Waals surface area contributed by atoms with Gasteiger partial charge < -0.3 is 5.32 Å². The van der Waals surface area contributed by atoms with Crippen LogP contribution in [-0.4, -0.2) is 39.4 Å². The standard InChI is InChI=1S/C20H19ClF8N4O2S/c1-19(12-9-30-11-31-10-12,18(35)32-13-6-7-20(23,24)8-13)33(17(34)16(21)22)14-2-4-15(5-3-14)36(25,26,27,28)29/h2-5,9-11,13,16H,6-8H2,1H3,(H,32,35)/t13-,16+,19+/m1/s1. The molecule has 0 unspecified atom stereocenters. The second kappa shape index (κ2) is 8.43. The van der Waals surface area contributed by atoms with Crippen LogP contribution in [0.2, 0.25) is 0 Å². The molecule has 1 fully saturated rings. The molecule has 1 heterocycles. The van der Waals surface area contributed by atoms with E-state index in [1.807, 2.05) is 0 Å². The molecule has 16 heteroatoms. The van der Waals surface area contributed by atoms with E-state index in [9.17, 15) is 42.2 Å². The fourth-order valence-corrected chi connectivity index (χ4v) is 4.62. The molecule has 1 aliphatic rings. The summed E-state index contributed by atoms with van der Waals surface area (Å²) in [6, 6.07) is -0.250. The number of carbonyl (C=O) groups is 2. The summed E-state index contributed by atoms with van der Waals surface area (Å²) < 4.78 is 107. The van der Waals surface area contributed by atoms with E-state index >= 15 is 0 Å². The molecule has 1 saturated carbocycles. The molecule has 0 bridgehead atoms. The predicted octanol–water partition coefficient (Wildman–Crippen LogP) is 6.22. The monoisotopic (exact) mass is 566 g/mol. The molecule has 6 nitrogen and oxygen atoms in total. The molecule has 1 aliphatic carbocycles. The van der Waals surface area contributed by atoms with Crippen LogP contribution in [-0.2, 0) is 15.1 Å². The Balaban J connectivity index is 2.15. The van der Waals surface area contributed by atoms with Gasteiger partial charge >= 0.3 is 10.2 Å². The molecule has 200 valence electrons. The molecule has 3 rings (SSSR count). The number of aromatic nitrogens is 2. The molecule has 2 amide bonds. The molecular formula is C20H19ClF8N4O2S. The summed E-state index contributed by atoms with van der Waals surface area (Å²) in [6.07, 6.45) is 1.70. The molecule has 1 N–H and O–H groups in total. The smallest absolute Gasteiger partial charge is 0.310 e. The van der Waals surface area contributed by atoms with Crippen molar-refractivity contribution in [2.75, 3.05) is 4.90 Å². The van der Waals surface area contributed by atoms with Crippen molar-refractivity contribution in [3.63, 3.8) is 0 Å². The maximum Gasteiger partial charge on any atom is 0.310 e. The molecule has 0 radical (unpaired) electrons. The Bertz CT molecular complexity index is 1150. The van der Waals surface area contributed by atoms with Gasteiger partial charge in [0.1, 0.15) is 11.2 Å². The van der Waals surface area contributed by atoms with Gasteiger partial charge in [-0.25, -0.2) is 23.1 Å². The van der Waals surface area contributed by atoms with Gasteiger partial charge in [0.2, 0.25) is 5.92 Å². The van der Waals surface area contributed by atoms with E-state index in [0.29, 0.717) is 17.0 Å². The lowest BCUT2D eigenvalue weighted by atomic mass is 9.89. The first-order valence-electron chi connectivity index (χ1n) is 10.2. The van der Waals surface area contributed by atoms with Crippen molar-refractivity contribution >= 4 is 39.3 Å². The minimum atomic E-state index is -10.1. The van der Waals surface area contributed by atoms with Gasteiger partial charge in [-0.2, -0.15) is 0 Å². The number of rotatable bonds is 7. The van der Waals surface area contributed by atoms with E-state index < -0.39 is 68.6 Å². The Hall–Kier alpha value is -2.68. The zero-order chi connectivity index (χ0) is 27.2. The van der Waals surface area contributed by atoms with Crippen molar-refractivity contribution in [1.29, 1.82) is 0 Å². The zero-order valence-corrected chi connectivity index (χ0v) is 19.9. The predicted molar refractivity (Wildman–Crippen MR) is 116 cm³/mol. The van der Waals surface area contributed by atoms with Gasteiger partial charge in [-0.05, 0) is 37.6 Å². The van der Waals surface area contributed by atoms with Gasteiger partial charge in [-0.1, -0.05) is 31.0 Å². The molecule has 0 aliphatic heterocycles. The highest BCUT2D eigenvalue weighted by molar-refractivity contribution is 8.45. The molecule has 1 aromatic carbocycles. The Morgan fingerprint density at radius 2 is 1.69 bits per heavy atom. The first-order chi connectivity index (χ1) is 16.2. The second-order valence-electron chi connectivity index (χ2n) is 8.41. The largest absolute Gasteiger partial charge is 0.351 e. The third-order valence-electron chi connectivity index (χ3n) is 5.70. The Kier molecular flexibility index (Phi) is 6.53. The van der Waals surface area contributed by atoms with Crippen LogP contribution in [0, 0.1) is 0 Å². The number of halogens is 9. The van der Waals surface area contributed by atoms with Crippen molar-refractivity contribution in [3.05, 3.63) is 48.5 Å². The first-order valence-corrected chi connectivity index (χ1v) is 12.5. The van der Waals surface area contributed by atoms with Crippen molar-refractivity contribution in [1.82, 2.24) is 15.3 Å². The number of hydrogen-bond donors (Lipinski definition) is 1. The molecule has 1 aromatic heterocycles. The molecular weight excluding hydrogens is 548 g/mol. The Labute approximate surface area is 204 Å². The highest BCUT2D eigenvalue weighted by atomic mass is 35.5. The Morgan fingerprint density at radius 1 is 1.14 bits per heavy atom. The van der Waals surface area contributed by atoms with Crippen molar-refractivity contribution in [2.24, 2.45) is 0 Å². The molecule has 0 spiro atoms. The zero-order valence-electron chi connectivity index (χ0n) is 18.3. The maximum absolute atomic E-state index is 14.1. The topological polar surface area (TPSA) is 75.2 Å². The summed E-state index contributed by atoms with van der Waals surface area (Å²) in [6.45, 7) is 1.03. The van der Waals surface area contributed by atoms with Crippen LogP contribution < -0.4 is 10.2 Å². The summed E-state index contributed by atoms with van der Waals surface area (Å²) in [4.78, 5) is 31.7. The van der Waals surface area contributed by atoms with Crippen LogP contribution in [0.15, 0.2) is 47.9 Å². The van der Waals surface area contributed by atoms with E-state index in [1.165, 1.54) is 0 Å². The van der Waals surface area contributed by atoms with Gasteiger partial charge in [0.25, 0.3) is 17.4 Å². The van der Waals surface area contributed by atoms with Crippen molar-refractivity contribution in [3.8, 4) is 0 Å². The summed E-state index contributed by atoms with van der Waals surface area (Å²) in [5, 5.41) is 2.34. The number of anilines is 1. The van der Waals surface area contributed by atoms with Crippen LogP contribution in [0.5, 0.6) is 0 Å². The normalized spacial score (nSPS) is 22.0. The van der Waals surface area contributed by atoms with Crippen LogP contribution in [0.25, 0.3) is 0 Å². The fraction of sp³-hybridized carbons (Fsp3) is 0.400. The summed E-state index contributed by atoms with van der Waals surface area (Å²) in [7, 11) is -10.1. The fourth-order valence-electron chi connectivity index (χ4n) is 3.87. The number of carbonyl (C=O) groups excluding carboxylic acids is 2. The highest BCUT2D eigenvalue weighted by Crippen LogP contribution is 3.02. The summed E-state index contributed by atoms with van der Waals surface area (Å²) >= 11 is 5.31. The molecule has 3 atom stereocenters. The molecule has 2 aromatic rings. The van der Waals surface area contributed by atoms with Gasteiger partial charge in [0, 0.05) is 42.5 Å². The lowest BCUT2D eigenvalue weighted by Gasteiger charge is -2.42. The van der Waals surface area contributed by atoms with E-state index in [-0.39, 0.29) is 24.1 Å². The quantitative estimate of drug-likeness (QED) is 0.319. The lowest BCUT2D eigenvalue weighted by molar-refractivity contribution is -0.131. The van der Waals surface area contributed by atoms with Crippen LogP contribution in [0.1, 0.15) is 31.7 Å². The number of nitrogens with zero attached hydrogens (tertiary/aromatic N) is 3. The number of alkyl halides is 4. The van der Waals surface area contributed by atoms with E-state index in [2.05, 4.69) is 15.3 Å². The Morgan fingerprint density at radius 3 is 2.14 bits per heavy atom. The van der Waals surface area contributed by atoms with Crippen molar-refractivity contribution < 1.29 is 42.2 Å². The van der Waals surface area contributed by atoms with Gasteiger partial charge in [0.05, 0.1) is 0 Å². The maximum atomic E-state index is 14.1.